The van der Waals surface area contributed by atoms with Crippen LogP contribution in [0.1, 0.15) is 11.5 Å². The van der Waals surface area contributed by atoms with Gasteiger partial charge in [-0.3, -0.25) is 4.40 Å². The van der Waals surface area contributed by atoms with Gasteiger partial charge in [0, 0.05) is 17.3 Å². The number of aromatic nitrogens is 4. The standard InChI is InChI=1S/C15H10Cl2N4OS2/c1-8-2-3-12(22-8)14-18-10(6-23-14)7-24-15-20-19-13-11(17)4-9(16)5-21(13)15/h2-6H,7H2,1H3. The molecular weight excluding hydrogens is 387 g/mol. The molecule has 0 N–H and O–H groups in total. The minimum Gasteiger partial charge on any atom is -0.459 e. The topological polar surface area (TPSA) is 56.2 Å². The number of nitrogens with zero attached hydrogens (tertiary/aromatic N) is 4. The summed E-state index contributed by atoms with van der Waals surface area (Å²) in [5.74, 6) is 2.33. The highest BCUT2D eigenvalue weighted by Gasteiger charge is 2.13. The number of halogens is 2. The average molecular weight is 397 g/mol. The van der Waals surface area contributed by atoms with Crippen molar-refractivity contribution in [2.24, 2.45) is 0 Å². The van der Waals surface area contributed by atoms with Crippen LogP contribution in [-0.2, 0) is 5.75 Å². The van der Waals surface area contributed by atoms with Crippen molar-refractivity contribution in [1.82, 2.24) is 19.6 Å². The molecular formula is C15H10Cl2N4OS2. The molecule has 0 aromatic carbocycles. The largest absolute Gasteiger partial charge is 0.459 e. The van der Waals surface area contributed by atoms with Crippen molar-refractivity contribution < 1.29 is 4.42 Å². The number of thiazole rings is 1. The van der Waals surface area contributed by atoms with Crippen LogP contribution in [0.3, 0.4) is 0 Å². The first-order valence-corrected chi connectivity index (χ1v) is 9.56. The van der Waals surface area contributed by atoms with Crippen LogP contribution in [0.5, 0.6) is 0 Å². The Balaban J connectivity index is 1.54. The highest BCUT2D eigenvalue weighted by Crippen LogP contribution is 2.30. The summed E-state index contributed by atoms with van der Waals surface area (Å²) in [7, 11) is 0. The molecule has 122 valence electrons. The third kappa shape index (κ3) is 3.04. The summed E-state index contributed by atoms with van der Waals surface area (Å²) in [4.78, 5) is 4.60. The maximum atomic E-state index is 6.13. The van der Waals surface area contributed by atoms with E-state index < -0.39 is 0 Å². The number of pyridine rings is 1. The van der Waals surface area contributed by atoms with Gasteiger partial charge in [0.1, 0.15) is 5.76 Å². The number of hydrogen-bond donors (Lipinski definition) is 0. The zero-order chi connectivity index (χ0) is 16.7. The Morgan fingerprint density at radius 2 is 2.17 bits per heavy atom. The quantitative estimate of drug-likeness (QED) is 0.435. The van der Waals surface area contributed by atoms with E-state index in [9.17, 15) is 0 Å². The van der Waals surface area contributed by atoms with Crippen molar-refractivity contribution in [2.75, 3.05) is 0 Å². The first-order valence-electron chi connectivity index (χ1n) is 6.94. The fourth-order valence-corrected chi connectivity index (χ4v) is 4.37. The number of thioether (sulfide) groups is 1. The molecule has 0 fully saturated rings. The van der Waals surface area contributed by atoms with E-state index in [2.05, 4.69) is 15.2 Å². The predicted octanol–water partition coefficient (Wildman–Crippen LogP) is 5.35. The van der Waals surface area contributed by atoms with E-state index in [-0.39, 0.29) is 0 Å². The van der Waals surface area contributed by atoms with Crippen molar-refractivity contribution in [1.29, 1.82) is 0 Å². The van der Waals surface area contributed by atoms with Gasteiger partial charge in [-0.25, -0.2) is 4.98 Å². The molecule has 0 amide bonds. The molecule has 4 aromatic heterocycles. The van der Waals surface area contributed by atoms with E-state index in [0.717, 1.165) is 27.4 Å². The molecule has 0 spiro atoms. The van der Waals surface area contributed by atoms with E-state index in [1.165, 1.54) is 11.8 Å². The predicted molar refractivity (Wildman–Crippen MR) is 97.1 cm³/mol. The van der Waals surface area contributed by atoms with Gasteiger partial charge in [-0.1, -0.05) is 35.0 Å². The summed E-state index contributed by atoms with van der Waals surface area (Å²) >= 11 is 15.3. The second-order valence-electron chi connectivity index (χ2n) is 5.03. The Kier molecular flexibility index (Phi) is 4.26. The summed E-state index contributed by atoms with van der Waals surface area (Å²) in [5.41, 5.74) is 1.55. The van der Waals surface area contributed by atoms with Gasteiger partial charge in [0.05, 0.1) is 15.7 Å². The monoisotopic (exact) mass is 396 g/mol. The molecule has 4 aromatic rings. The second-order valence-corrected chi connectivity index (χ2v) is 7.67. The number of hydrogen-bond acceptors (Lipinski definition) is 6. The Labute approximate surface area is 155 Å². The van der Waals surface area contributed by atoms with Gasteiger partial charge in [0.15, 0.2) is 21.6 Å². The lowest BCUT2D eigenvalue weighted by atomic mass is 10.4. The molecule has 0 saturated heterocycles. The molecule has 0 atom stereocenters. The van der Waals surface area contributed by atoms with Crippen molar-refractivity contribution >= 4 is 51.9 Å². The van der Waals surface area contributed by atoms with E-state index >= 15 is 0 Å². The second kappa shape index (κ2) is 6.40. The molecule has 0 radical (unpaired) electrons. The van der Waals surface area contributed by atoms with Crippen molar-refractivity contribution in [3.8, 4) is 10.8 Å². The lowest BCUT2D eigenvalue weighted by Gasteiger charge is -2.00. The normalized spacial score (nSPS) is 11.5. The Morgan fingerprint density at radius 1 is 1.29 bits per heavy atom. The molecule has 0 aliphatic carbocycles. The summed E-state index contributed by atoms with van der Waals surface area (Å²) < 4.78 is 7.39. The molecule has 24 heavy (non-hydrogen) atoms. The summed E-state index contributed by atoms with van der Waals surface area (Å²) in [6, 6.07) is 5.52. The van der Waals surface area contributed by atoms with E-state index in [1.807, 2.05) is 24.4 Å². The number of furan rings is 1. The number of rotatable bonds is 4. The molecule has 0 saturated carbocycles. The van der Waals surface area contributed by atoms with Crippen molar-refractivity contribution in [3.63, 3.8) is 0 Å². The van der Waals surface area contributed by atoms with Crippen molar-refractivity contribution in [2.45, 2.75) is 17.8 Å². The fraction of sp³-hybridized carbons (Fsp3) is 0.133. The van der Waals surface area contributed by atoms with Crippen LogP contribution in [0, 0.1) is 6.92 Å². The molecule has 5 nitrogen and oxygen atoms in total. The van der Waals surface area contributed by atoms with E-state index in [1.54, 1.807) is 28.0 Å². The van der Waals surface area contributed by atoms with Crippen LogP contribution in [0.25, 0.3) is 16.4 Å². The van der Waals surface area contributed by atoms with Gasteiger partial charge in [0.2, 0.25) is 0 Å². The maximum Gasteiger partial charge on any atom is 0.196 e. The summed E-state index contributed by atoms with van der Waals surface area (Å²) in [6.07, 6.45) is 1.75. The van der Waals surface area contributed by atoms with Gasteiger partial charge in [0.25, 0.3) is 0 Å². The van der Waals surface area contributed by atoms with Crippen molar-refractivity contribution in [3.05, 3.63) is 51.3 Å². The smallest absolute Gasteiger partial charge is 0.196 e. The zero-order valence-corrected chi connectivity index (χ0v) is 15.5. The molecule has 9 heteroatoms. The molecule has 0 aliphatic heterocycles. The third-order valence-corrected chi connectivity index (χ3v) is 5.61. The average Bonchev–Trinajstić information content (AvgIpc) is 3.24. The van der Waals surface area contributed by atoms with Gasteiger partial charge < -0.3 is 4.42 Å². The minimum atomic E-state index is 0.478. The lowest BCUT2D eigenvalue weighted by molar-refractivity contribution is 0.548. The molecule has 0 bridgehead atoms. The van der Waals surface area contributed by atoms with Gasteiger partial charge in [-0.2, -0.15) is 0 Å². The van der Waals surface area contributed by atoms with E-state index in [4.69, 9.17) is 27.6 Å². The first kappa shape index (κ1) is 16.0. The van der Waals surface area contributed by atoms with Crippen LogP contribution < -0.4 is 0 Å². The molecule has 4 rings (SSSR count). The summed E-state index contributed by atoms with van der Waals surface area (Å²) in [6.45, 7) is 1.92. The Bertz CT molecular complexity index is 1020. The van der Waals surface area contributed by atoms with Gasteiger partial charge >= 0.3 is 0 Å². The van der Waals surface area contributed by atoms with Crippen LogP contribution in [0.4, 0.5) is 0 Å². The van der Waals surface area contributed by atoms with Gasteiger partial charge in [-0.05, 0) is 25.1 Å². The third-order valence-electron chi connectivity index (χ3n) is 3.25. The highest BCUT2D eigenvalue weighted by molar-refractivity contribution is 7.98. The first-order chi connectivity index (χ1) is 11.6. The minimum absolute atomic E-state index is 0.478. The Morgan fingerprint density at radius 3 is 2.96 bits per heavy atom. The maximum absolute atomic E-state index is 6.13. The number of aryl methyl sites for hydroxylation is 1. The molecule has 0 aliphatic rings. The zero-order valence-electron chi connectivity index (χ0n) is 12.4. The molecule has 4 heterocycles. The summed E-state index contributed by atoms with van der Waals surface area (Å²) in [5, 5.41) is 12.9. The van der Waals surface area contributed by atoms with Gasteiger partial charge in [-0.15, -0.1) is 21.5 Å². The highest BCUT2D eigenvalue weighted by atomic mass is 35.5. The SMILES string of the molecule is Cc1ccc(-c2nc(CSc3nnc4c(Cl)cc(Cl)cn34)cs2)o1. The van der Waals surface area contributed by atoms with Crippen LogP contribution in [0.15, 0.2) is 39.3 Å². The lowest BCUT2D eigenvalue weighted by Crippen LogP contribution is -1.89. The number of fused-ring (bicyclic) bond motifs is 1. The Hall–Kier alpha value is -1.54. The molecule has 0 unspecified atom stereocenters. The van der Waals surface area contributed by atoms with E-state index in [0.29, 0.717) is 21.4 Å². The van der Waals surface area contributed by atoms with Crippen LogP contribution in [0.2, 0.25) is 10.0 Å². The van der Waals surface area contributed by atoms with Crippen LogP contribution in [-0.4, -0.2) is 19.6 Å². The van der Waals surface area contributed by atoms with Crippen LogP contribution >= 0.6 is 46.3 Å². The fourth-order valence-electron chi connectivity index (χ4n) is 2.18.